The van der Waals surface area contributed by atoms with Gasteiger partial charge in [-0.25, -0.2) is 4.98 Å². The highest BCUT2D eigenvalue weighted by molar-refractivity contribution is 5.97. The van der Waals surface area contributed by atoms with Gasteiger partial charge in [0.15, 0.2) is 5.82 Å². The van der Waals surface area contributed by atoms with Crippen LogP contribution in [-0.4, -0.2) is 42.1 Å². The number of amides is 1. The van der Waals surface area contributed by atoms with Gasteiger partial charge in [-0.2, -0.15) is 0 Å². The monoisotopic (exact) mass is 352 g/mol. The Morgan fingerprint density at radius 1 is 1.31 bits per heavy atom. The third-order valence-corrected chi connectivity index (χ3v) is 4.94. The summed E-state index contributed by atoms with van der Waals surface area (Å²) < 4.78 is 2.20. The predicted octanol–water partition coefficient (Wildman–Crippen LogP) is 3.01. The normalized spacial score (nSPS) is 17.1. The van der Waals surface area contributed by atoms with Crippen molar-refractivity contribution in [3.05, 3.63) is 41.2 Å². The van der Waals surface area contributed by atoms with Gasteiger partial charge in [0.05, 0.1) is 23.6 Å². The molecule has 26 heavy (non-hydrogen) atoms. The molecule has 0 radical (unpaired) electrons. The van der Waals surface area contributed by atoms with Gasteiger partial charge in [-0.15, -0.1) is 10.2 Å². The van der Waals surface area contributed by atoms with Gasteiger partial charge in [0.1, 0.15) is 11.6 Å². The van der Waals surface area contributed by atoms with Crippen LogP contribution in [0.15, 0.2) is 18.2 Å². The molecule has 0 unspecified atom stereocenters. The second kappa shape index (κ2) is 6.23. The number of rotatable bonds is 3. The minimum absolute atomic E-state index is 0.0276. The summed E-state index contributed by atoms with van der Waals surface area (Å²) in [4.78, 5) is 22.6. The summed E-state index contributed by atoms with van der Waals surface area (Å²) in [5.41, 5.74) is 2.45. The fourth-order valence-electron chi connectivity index (χ4n) is 3.90. The molecule has 0 saturated carbocycles. The van der Waals surface area contributed by atoms with E-state index >= 15 is 0 Å². The molecule has 0 aliphatic carbocycles. The summed E-state index contributed by atoms with van der Waals surface area (Å²) in [5, 5.41) is 8.52. The van der Waals surface area contributed by atoms with Crippen molar-refractivity contribution in [1.29, 1.82) is 0 Å². The van der Waals surface area contributed by atoms with E-state index in [9.17, 15) is 4.79 Å². The summed E-state index contributed by atoms with van der Waals surface area (Å²) in [5.74, 6) is 3.20. The number of aromatic amines is 1. The number of carbonyl (C=O) groups is 1. The summed E-state index contributed by atoms with van der Waals surface area (Å²) in [6.07, 6.45) is 0.994. The summed E-state index contributed by atoms with van der Waals surface area (Å²) >= 11 is 0. The maximum absolute atomic E-state index is 13.1. The third kappa shape index (κ3) is 2.87. The average Bonchev–Trinajstić information content (AvgIpc) is 3.14. The number of hydrogen-bond acceptors (Lipinski definition) is 4. The minimum Gasteiger partial charge on any atom is -0.342 e. The van der Waals surface area contributed by atoms with Gasteiger partial charge in [0.25, 0.3) is 5.91 Å². The van der Waals surface area contributed by atoms with Crippen LogP contribution in [0.1, 0.15) is 54.1 Å². The van der Waals surface area contributed by atoms with Crippen LogP contribution in [0.4, 0.5) is 0 Å². The molecule has 0 spiro atoms. The van der Waals surface area contributed by atoms with E-state index < -0.39 is 0 Å². The van der Waals surface area contributed by atoms with E-state index in [1.54, 1.807) is 0 Å². The number of aromatic nitrogens is 5. The van der Waals surface area contributed by atoms with E-state index in [2.05, 4.69) is 38.6 Å². The van der Waals surface area contributed by atoms with Crippen molar-refractivity contribution in [3.63, 3.8) is 0 Å². The van der Waals surface area contributed by atoms with Crippen LogP contribution in [0, 0.1) is 19.8 Å². The van der Waals surface area contributed by atoms with Crippen molar-refractivity contribution in [2.75, 3.05) is 6.54 Å². The van der Waals surface area contributed by atoms with Gasteiger partial charge in [-0.1, -0.05) is 13.8 Å². The Morgan fingerprint density at radius 2 is 2.12 bits per heavy atom. The highest BCUT2D eigenvalue weighted by Gasteiger charge is 2.31. The number of imidazole rings is 1. The molecule has 4 rings (SSSR count). The molecule has 1 aromatic carbocycles. The van der Waals surface area contributed by atoms with Crippen molar-refractivity contribution in [2.24, 2.45) is 5.92 Å². The van der Waals surface area contributed by atoms with E-state index in [0.717, 1.165) is 34.9 Å². The first-order chi connectivity index (χ1) is 12.4. The molecular formula is C19H24N6O. The number of benzene rings is 1. The number of nitrogens with one attached hydrogen (secondary N) is 1. The molecule has 136 valence electrons. The molecular weight excluding hydrogens is 328 g/mol. The van der Waals surface area contributed by atoms with E-state index in [1.165, 1.54) is 0 Å². The van der Waals surface area contributed by atoms with E-state index in [0.29, 0.717) is 24.6 Å². The second-order valence-electron chi connectivity index (χ2n) is 7.56. The lowest BCUT2D eigenvalue weighted by Crippen LogP contribution is -2.42. The van der Waals surface area contributed by atoms with Gasteiger partial charge in [0.2, 0.25) is 0 Å². The molecule has 3 heterocycles. The predicted molar refractivity (Wildman–Crippen MR) is 98.8 cm³/mol. The lowest BCUT2D eigenvalue weighted by Gasteiger charge is -2.35. The zero-order valence-electron chi connectivity index (χ0n) is 15.7. The number of fused-ring (bicyclic) bond motifs is 2. The Kier molecular flexibility index (Phi) is 4.01. The highest BCUT2D eigenvalue weighted by Crippen LogP contribution is 2.28. The summed E-state index contributed by atoms with van der Waals surface area (Å²) in [6, 6.07) is 5.86. The first-order valence-electron chi connectivity index (χ1n) is 9.08. The fraction of sp³-hybridized carbons (Fsp3) is 0.474. The third-order valence-electron chi connectivity index (χ3n) is 4.94. The van der Waals surface area contributed by atoms with Crippen molar-refractivity contribution in [1.82, 2.24) is 29.6 Å². The SMILES string of the molecule is Cc1nc2ccc(C(=O)N3Cc4nnc(C)n4[C@@H](CC(C)C)C3)cc2[nH]1. The number of hydrogen-bond donors (Lipinski definition) is 1. The van der Waals surface area contributed by atoms with Crippen molar-refractivity contribution in [2.45, 2.75) is 46.7 Å². The van der Waals surface area contributed by atoms with Crippen LogP contribution >= 0.6 is 0 Å². The molecule has 7 nitrogen and oxygen atoms in total. The van der Waals surface area contributed by atoms with Gasteiger partial charge in [-0.3, -0.25) is 4.79 Å². The van der Waals surface area contributed by atoms with Crippen LogP contribution in [0.5, 0.6) is 0 Å². The van der Waals surface area contributed by atoms with Crippen LogP contribution in [-0.2, 0) is 6.54 Å². The zero-order valence-corrected chi connectivity index (χ0v) is 15.7. The maximum atomic E-state index is 13.1. The zero-order chi connectivity index (χ0) is 18.4. The molecule has 7 heteroatoms. The minimum atomic E-state index is 0.0276. The van der Waals surface area contributed by atoms with Gasteiger partial charge >= 0.3 is 0 Å². The molecule has 2 aromatic heterocycles. The number of carbonyl (C=O) groups excluding carboxylic acids is 1. The first-order valence-corrected chi connectivity index (χ1v) is 9.08. The molecule has 3 aromatic rings. The number of nitrogens with zero attached hydrogens (tertiary/aromatic N) is 5. The molecule has 1 amide bonds. The largest absolute Gasteiger partial charge is 0.342 e. The van der Waals surface area contributed by atoms with Crippen molar-refractivity contribution < 1.29 is 4.79 Å². The van der Waals surface area contributed by atoms with Crippen molar-refractivity contribution >= 4 is 16.9 Å². The standard InChI is InChI=1S/C19H24N6O/c1-11(2)7-15-9-24(10-18-23-22-13(4)25(15)18)19(26)14-5-6-16-17(8-14)21-12(3)20-16/h5-6,8,11,15H,7,9-10H2,1-4H3,(H,20,21)/t15-/m0/s1. The Bertz CT molecular complexity index is 970. The summed E-state index contributed by atoms with van der Waals surface area (Å²) in [7, 11) is 0. The van der Waals surface area contributed by atoms with Crippen molar-refractivity contribution in [3.8, 4) is 0 Å². The molecule has 0 saturated heterocycles. The lowest BCUT2D eigenvalue weighted by molar-refractivity contribution is 0.0661. The molecule has 1 atom stereocenters. The molecule has 1 aliphatic heterocycles. The van der Waals surface area contributed by atoms with Crippen LogP contribution in [0.2, 0.25) is 0 Å². The summed E-state index contributed by atoms with van der Waals surface area (Å²) in [6.45, 7) is 9.48. The fourth-order valence-corrected chi connectivity index (χ4v) is 3.90. The smallest absolute Gasteiger partial charge is 0.254 e. The Labute approximate surface area is 152 Å². The van der Waals surface area contributed by atoms with E-state index in [-0.39, 0.29) is 11.9 Å². The second-order valence-corrected chi connectivity index (χ2v) is 7.56. The quantitative estimate of drug-likeness (QED) is 0.786. The molecule has 1 N–H and O–H groups in total. The molecule has 0 bridgehead atoms. The average molecular weight is 352 g/mol. The van der Waals surface area contributed by atoms with E-state index in [1.807, 2.05) is 36.9 Å². The number of H-pyrrole nitrogens is 1. The topological polar surface area (TPSA) is 79.7 Å². The number of aryl methyl sites for hydroxylation is 2. The molecule has 1 aliphatic rings. The van der Waals surface area contributed by atoms with Crippen LogP contribution < -0.4 is 0 Å². The van der Waals surface area contributed by atoms with Gasteiger partial charge in [0, 0.05) is 12.1 Å². The van der Waals surface area contributed by atoms with Gasteiger partial charge in [-0.05, 0) is 44.4 Å². The Balaban J connectivity index is 1.65. The maximum Gasteiger partial charge on any atom is 0.254 e. The highest BCUT2D eigenvalue weighted by atomic mass is 16.2. The van der Waals surface area contributed by atoms with Crippen LogP contribution in [0.25, 0.3) is 11.0 Å². The van der Waals surface area contributed by atoms with E-state index in [4.69, 9.17) is 0 Å². The lowest BCUT2D eigenvalue weighted by atomic mass is 10.0. The Morgan fingerprint density at radius 3 is 2.88 bits per heavy atom. The van der Waals surface area contributed by atoms with Gasteiger partial charge < -0.3 is 14.5 Å². The first kappa shape index (κ1) is 16.8. The van der Waals surface area contributed by atoms with Crippen LogP contribution in [0.3, 0.4) is 0 Å². The molecule has 0 fully saturated rings. The Hall–Kier alpha value is -2.70.